The van der Waals surface area contributed by atoms with Crippen LogP contribution in [0.1, 0.15) is 35.2 Å². The fourth-order valence-corrected chi connectivity index (χ4v) is 4.97. The lowest BCUT2D eigenvalue weighted by Crippen LogP contribution is -2.62. The highest BCUT2D eigenvalue weighted by Gasteiger charge is 2.64. The molecular weight excluding hydrogens is 401 g/mol. The molecule has 158 valence electrons. The number of fused-ring (bicyclic) bond motifs is 3. The van der Waals surface area contributed by atoms with Crippen molar-refractivity contribution in [2.24, 2.45) is 17.6 Å². The summed E-state index contributed by atoms with van der Waals surface area (Å²) in [6.45, 7) is 1.56. The Bertz CT molecular complexity index is 1110. The number of amides is 1. The molecule has 5 atom stereocenters. The lowest BCUT2D eigenvalue weighted by Gasteiger charge is -2.50. The standard InChI is InChI=1S/C20H18FNO8/c1-5-6-2-3-8(21)15(25)11(6)16(26)13-10(5)14(24)7-4-9(23)12(19(22)29)17(27)20(7,30)18(13)28/h2-3,5,7,10,14,23-25,28,30H,4H2,1H3,(H2,22,29)/t5-,7+,10?,14+,20+/m0/s1. The Morgan fingerprint density at radius 3 is 2.47 bits per heavy atom. The van der Waals surface area contributed by atoms with E-state index in [-0.39, 0.29) is 5.56 Å². The third kappa shape index (κ3) is 2.20. The van der Waals surface area contributed by atoms with Crippen molar-refractivity contribution in [3.05, 3.63) is 51.7 Å². The lowest BCUT2D eigenvalue weighted by atomic mass is 9.56. The van der Waals surface area contributed by atoms with Gasteiger partial charge in [-0.15, -0.1) is 0 Å². The molecule has 0 saturated heterocycles. The van der Waals surface area contributed by atoms with Crippen molar-refractivity contribution in [1.82, 2.24) is 0 Å². The van der Waals surface area contributed by atoms with Crippen LogP contribution in [0.4, 0.5) is 4.39 Å². The molecule has 1 aromatic rings. The second-order valence-electron chi connectivity index (χ2n) is 7.85. The highest BCUT2D eigenvalue weighted by molar-refractivity contribution is 6.24. The number of halogens is 1. The second kappa shape index (κ2) is 6.13. The van der Waals surface area contributed by atoms with Gasteiger partial charge in [0.1, 0.15) is 17.1 Å². The summed E-state index contributed by atoms with van der Waals surface area (Å²) in [6, 6.07) is 2.22. The number of rotatable bonds is 1. The van der Waals surface area contributed by atoms with Crippen molar-refractivity contribution in [3.8, 4) is 5.75 Å². The molecule has 7 N–H and O–H groups in total. The molecule has 1 aromatic carbocycles. The Hall–Kier alpha value is -3.24. The molecule has 0 saturated carbocycles. The SMILES string of the molecule is C[C@H]1c2ccc(F)c(O)c2C(=O)C2=C(O)[C@]3(O)C(=O)C(C(N)=O)=C(O)C[C@@H]3[C@@H](O)C21. The van der Waals surface area contributed by atoms with Gasteiger partial charge in [-0.05, 0) is 17.5 Å². The van der Waals surface area contributed by atoms with Crippen molar-refractivity contribution in [2.45, 2.75) is 31.0 Å². The first-order valence-corrected chi connectivity index (χ1v) is 9.11. The molecule has 1 amide bonds. The topological polar surface area (TPSA) is 178 Å². The maximum atomic E-state index is 13.9. The summed E-state index contributed by atoms with van der Waals surface area (Å²) >= 11 is 0. The van der Waals surface area contributed by atoms with E-state index in [1.165, 1.54) is 6.07 Å². The van der Waals surface area contributed by atoms with Gasteiger partial charge in [0, 0.05) is 23.8 Å². The fourth-order valence-electron chi connectivity index (χ4n) is 4.97. The van der Waals surface area contributed by atoms with Gasteiger partial charge < -0.3 is 31.3 Å². The van der Waals surface area contributed by atoms with E-state index in [1.54, 1.807) is 6.92 Å². The molecule has 0 bridgehead atoms. The van der Waals surface area contributed by atoms with Gasteiger partial charge in [0.2, 0.25) is 5.78 Å². The van der Waals surface area contributed by atoms with E-state index < -0.39 is 93.1 Å². The molecule has 10 heteroatoms. The molecular formula is C20H18FNO8. The third-order valence-electron chi connectivity index (χ3n) is 6.45. The maximum Gasteiger partial charge on any atom is 0.255 e. The number of ketones is 2. The van der Waals surface area contributed by atoms with Gasteiger partial charge in [0.15, 0.2) is 23.0 Å². The summed E-state index contributed by atoms with van der Waals surface area (Å²) in [4.78, 5) is 37.5. The number of primary amides is 1. The molecule has 30 heavy (non-hydrogen) atoms. The molecule has 0 heterocycles. The van der Waals surface area contributed by atoms with E-state index in [1.807, 2.05) is 0 Å². The summed E-state index contributed by atoms with van der Waals surface area (Å²) < 4.78 is 13.9. The minimum Gasteiger partial charge on any atom is -0.511 e. The number of hydrogen-bond donors (Lipinski definition) is 6. The van der Waals surface area contributed by atoms with E-state index in [0.29, 0.717) is 0 Å². The van der Waals surface area contributed by atoms with Gasteiger partial charge in [-0.3, -0.25) is 14.4 Å². The van der Waals surface area contributed by atoms with Gasteiger partial charge in [-0.25, -0.2) is 4.39 Å². The van der Waals surface area contributed by atoms with Gasteiger partial charge in [-0.2, -0.15) is 0 Å². The number of phenols is 1. The van der Waals surface area contributed by atoms with E-state index >= 15 is 0 Å². The quantitative estimate of drug-likeness (QED) is 0.351. The van der Waals surface area contributed by atoms with Crippen molar-refractivity contribution in [3.63, 3.8) is 0 Å². The number of aromatic hydroxyl groups is 1. The van der Waals surface area contributed by atoms with Gasteiger partial charge >= 0.3 is 0 Å². The lowest BCUT2D eigenvalue weighted by molar-refractivity contribution is -0.154. The van der Waals surface area contributed by atoms with Crippen LogP contribution in [0, 0.1) is 17.7 Å². The summed E-state index contributed by atoms with van der Waals surface area (Å²) in [6.07, 6.45) is -2.17. The molecule has 4 rings (SSSR count). The molecule has 0 aromatic heterocycles. The van der Waals surface area contributed by atoms with E-state index in [4.69, 9.17) is 5.73 Å². The predicted octanol–water partition coefficient (Wildman–Crippen LogP) is 0.251. The Morgan fingerprint density at radius 2 is 1.87 bits per heavy atom. The number of phenolic OH excluding ortho intramolecular Hbond substituents is 1. The zero-order valence-electron chi connectivity index (χ0n) is 15.6. The molecule has 0 spiro atoms. The number of Topliss-reactive ketones (excluding diaryl/α,β-unsaturated/α-hetero) is 2. The van der Waals surface area contributed by atoms with Gasteiger partial charge in [0.25, 0.3) is 5.91 Å². The minimum absolute atomic E-state index is 0.213. The number of carbonyl (C=O) groups is 3. The monoisotopic (exact) mass is 419 g/mol. The second-order valence-corrected chi connectivity index (χ2v) is 7.85. The molecule has 0 aliphatic heterocycles. The minimum atomic E-state index is -2.91. The highest BCUT2D eigenvalue weighted by atomic mass is 19.1. The number of nitrogens with two attached hydrogens (primary N) is 1. The summed E-state index contributed by atoms with van der Waals surface area (Å²) in [7, 11) is 0. The zero-order chi connectivity index (χ0) is 22.3. The zero-order valence-corrected chi connectivity index (χ0v) is 15.6. The van der Waals surface area contributed by atoms with Crippen LogP contribution in [-0.4, -0.2) is 54.7 Å². The first-order valence-electron chi connectivity index (χ1n) is 9.11. The Kier molecular flexibility index (Phi) is 4.10. The van der Waals surface area contributed by atoms with Crippen molar-refractivity contribution in [2.75, 3.05) is 0 Å². The summed E-state index contributed by atoms with van der Waals surface area (Å²) in [5.41, 5.74) is 0.438. The largest absolute Gasteiger partial charge is 0.511 e. The predicted molar refractivity (Wildman–Crippen MR) is 96.9 cm³/mol. The number of aliphatic hydroxyl groups excluding tert-OH is 3. The third-order valence-corrected chi connectivity index (χ3v) is 6.45. The van der Waals surface area contributed by atoms with Crippen LogP contribution in [0.5, 0.6) is 5.75 Å². The Balaban J connectivity index is 2.01. The molecule has 3 aliphatic carbocycles. The Morgan fingerprint density at radius 1 is 1.23 bits per heavy atom. The molecule has 3 aliphatic rings. The fraction of sp³-hybridized carbons (Fsp3) is 0.350. The molecule has 0 radical (unpaired) electrons. The average Bonchev–Trinajstić information content (AvgIpc) is 2.67. The molecule has 1 unspecified atom stereocenters. The first-order chi connectivity index (χ1) is 13.9. The highest BCUT2D eigenvalue weighted by Crippen LogP contribution is 2.54. The van der Waals surface area contributed by atoms with Gasteiger partial charge in [0.05, 0.1) is 11.7 Å². The van der Waals surface area contributed by atoms with Crippen molar-refractivity contribution >= 4 is 17.5 Å². The molecule has 0 fully saturated rings. The maximum absolute atomic E-state index is 13.9. The average molecular weight is 419 g/mol. The number of allylic oxidation sites excluding steroid dienone is 1. The van der Waals surface area contributed by atoms with Crippen molar-refractivity contribution < 1.29 is 44.3 Å². The smallest absolute Gasteiger partial charge is 0.255 e. The van der Waals surface area contributed by atoms with E-state index in [0.717, 1.165) is 6.07 Å². The van der Waals surface area contributed by atoms with E-state index in [9.17, 15) is 44.3 Å². The molecule has 9 nitrogen and oxygen atoms in total. The summed E-state index contributed by atoms with van der Waals surface area (Å²) in [5, 5.41) is 53.1. The number of benzene rings is 1. The number of carbonyl (C=O) groups excluding carboxylic acids is 3. The van der Waals surface area contributed by atoms with Crippen LogP contribution in [-0.2, 0) is 9.59 Å². The Labute approximate surface area is 168 Å². The number of aliphatic hydroxyl groups is 4. The van der Waals surface area contributed by atoms with Crippen LogP contribution >= 0.6 is 0 Å². The van der Waals surface area contributed by atoms with E-state index in [2.05, 4.69) is 0 Å². The summed E-state index contributed by atoms with van der Waals surface area (Å²) in [5.74, 6) is -11.1. The first kappa shape index (κ1) is 20.0. The van der Waals surface area contributed by atoms with Crippen molar-refractivity contribution in [1.29, 1.82) is 0 Å². The van der Waals surface area contributed by atoms with Crippen LogP contribution in [0.25, 0.3) is 0 Å². The van der Waals surface area contributed by atoms with Crippen LogP contribution in [0.2, 0.25) is 0 Å². The van der Waals surface area contributed by atoms with Gasteiger partial charge in [-0.1, -0.05) is 13.0 Å². The van der Waals surface area contributed by atoms with Crippen LogP contribution < -0.4 is 5.73 Å². The van der Waals surface area contributed by atoms with Crippen LogP contribution in [0.3, 0.4) is 0 Å². The van der Waals surface area contributed by atoms with Crippen LogP contribution in [0.15, 0.2) is 34.8 Å². The normalized spacial score (nSPS) is 33.2. The number of hydrogen-bond acceptors (Lipinski definition) is 8.